The molecule has 0 fully saturated rings. The number of halogens is 1. The normalized spacial score (nSPS) is 23.2. The summed E-state index contributed by atoms with van der Waals surface area (Å²) < 4.78 is 13.1. The first-order valence-electron chi connectivity index (χ1n) is 9.92. The Bertz CT molecular complexity index is 1350. The second kappa shape index (κ2) is 6.53. The van der Waals surface area contributed by atoms with Crippen LogP contribution in [0.3, 0.4) is 0 Å². The highest BCUT2D eigenvalue weighted by molar-refractivity contribution is 9.10. The van der Waals surface area contributed by atoms with Gasteiger partial charge in [-0.05, 0) is 35.9 Å². The molecule has 1 spiro atoms. The van der Waals surface area contributed by atoms with Crippen LogP contribution in [0, 0.1) is 5.92 Å². The number of ketones is 1. The average Bonchev–Trinajstić information content (AvgIpc) is 3.08. The molecule has 0 bridgehead atoms. The third-order valence-electron chi connectivity index (χ3n) is 6.11. The molecule has 0 N–H and O–H groups in total. The number of hydrogen-bond acceptors (Lipinski definition) is 4. The van der Waals surface area contributed by atoms with E-state index in [0.29, 0.717) is 33.8 Å². The van der Waals surface area contributed by atoms with E-state index in [9.17, 15) is 9.59 Å². The van der Waals surface area contributed by atoms with Gasteiger partial charge < -0.3 is 9.47 Å². The number of fused-ring (bicyclic) bond motifs is 6. The summed E-state index contributed by atoms with van der Waals surface area (Å²) in [6.07, 6.45) is 3.59. The van der Waals surface area contributed by atoms with E-state index in [-0.39, 0.29) is 5.78 Å². The number of para-hydroxylation sites is 1. The van der Waals surface area contributed by atoms with Crippen molar-refractivity contribution in [2.24, 2.45) is 5.92 Å². The van der Waals surface area contributed by atoms with E-state index in [1.807, 2.05) is 66.7 Å². The van der Waals surface area contributed by atoms with Crippen molar-refractivity contribution in [1.82, 2.24) is 0 Å². The summed E-state index contributed by atoms with van der Waals surface area (Å²) in [5.74, 6) is -0.342. The molecule has 2 aliphatic heterocycles. The number of esters is 1. The minimum absolute atomic E-state index is 0.150. The van der Waals surface area contributed by atoms with Crippen LogP contribution >= 0.6 is 15.9 Å². The van der Waals surface area contributed by atoms with Crippen LogP contribution in [0.4, 0.5) is 0 Å². The summed E-state index contributed by atoms with van der Waals surface area (Å²) in [5, 5.41) is 0. The van der Waals surface area contributed by atoms with Crippen molar-refractivity contribution < 1.29 is 19.1 Å². The summed E-state index contributed by atoms with van der Waals surface area (Å²) in [4.78, 5) is 26.9. The fourth-order valence-corrected chi connectivity index (χ4v) is 5.31. The zero-order chi connectivity index (χ0) is 21.2. The van der Waals surface area contributed by atoms with Crippen molar-refractivity contribution in [3.8, 4) is 5.75 Å². The van der Waals surface area contributed by atoms with E-state index in [1.54, 1.807) is 18.2 Å². The highest BCUT2D eigenvalue weighted by Crippen LogP contribution is 2.57. The van der Waals surface area contributed by atoms with Gasteiger partial charge in [0.05, 0.1) is 5.56 Å². The molecule has 150 valence electrons. The fraction of sp³-hybridized carbons (Fsp3) is 0.0769. The molecule has 2 unspecified atom stereocenters. The van der Waals surface area contributed by atoms with Gasteiger partial charge in [-0.1, -0.05) is 70.5 Å². The smallest absolute Gasteiger partial charge is 0.339 e. The Hall–Kier alpha value is -3.44. The standard InChI is InChI=1S/C26H15BrO4/c27-20-11-5-2-7-15(20)16-13-14-22-23(24(16)28)26(19-10-4-6-12-21(19)30-22)18-9-3-1-8-17(18)25(29)31-26/h1-14,23H. The number of rotatable bonds is 1. The predicted octanol–water partition coefficient (Wildman–Crippen LogP) is 5.42. The molecule has 3 aromatic carbocycles. The van der Waals surface area contributed by atoms with E-state index >= 15 is 0 Å². The minimum atomic E-state index is -1.27. The van der Waals surface area contributed by atoms with Gasteiger partial charge in [0, 0.05) is 21.2 Å². The van der Waals surface area contributed by atoms with Crippen LogP contribution in [0.5, 0.6) is 5.75 Å². The highest BCUT2D eigenvalue weighted by Gasteiger charge is 2.61. The fourth-order valence-electron chi connectivity index (χ4n) is 4.81. The Balaban J connectivity index is 1.63. The molecule has 1 aliphatic carbocycles. The number of hydrogen-bond donors (Lipinski definition) is 0. The third kappa shape index (κ3) is 2.41. The maximum Gasteiger partial charge on any atom is 0.339 e. The number of carbonyl (C=O) groups is 2. The zero-order valence-electron chi connectivity index (χ0n) is 16.2. The van der Waals surface area contributed by atoms with E-state index in [0.717, 1.165) is 10.0 Å². The van der Waals surface area contributed by atoms with E-state index in [2.05, 4.69) is 15.9 Å². The summed E-state index contributed by atoms with van der Waals surface area (Å²) in [6.45, 7) is 0. The van der Waals surface area contributed by atoms with Gasteiger partial charge in [-0.15, -0.1) is 0 Å². The molecule has 31 heavy (non-hydrogen) atoms. The van der Waals surface area contributed by atoms with Gasteiger partial charge in [-0.3, -0.25) is 4.79 Å². The van der Waals surface area contributed by atoms with Crippen LogP contribution < -0.4 is 4.74 Å². The van der Waals surface area contributed by atoms with E-state index in [1.165, 1.54) is 0 Å². The first-order valence-corrected chi connectivity index (χ1v) is 10.7. The third-order valence-corrected chi connectivity index (χ3v) is 6.80. The molecule has 4 nitrogen and oxygen atoms in total. The van der Waals surface area contributed by atoms with Crippen LogP contribution in [0.15, 0.2) is 95.2 Å². The molecule has 6 rings (SSSR count). The summed E-state index contributed by atoms with van der Waals surface area (Å²) in [5.41, 5.74) is 1.90. The first-order chi connectivity index (χ1) is 15.1. The highest BCUT2D eigenvalue weighted by atomic mass is 79.9. The maximum atomic E-state index is 14.0. The lowest BCUT2D eigenvalue weighted by molar-refractivity contribution is -0.124. The average molecular weight is 471 g/mol. The van der Waals surface area contributed by atoms with Crippen molar-refractivity contribution >= 4 is 33.3 Å². The lowest BCUT2D eigenvalue weighted by atomic mass is 9.68. The monoisotopic (exact) mass is 470 g/mol. The lowest BCUT2D eigenvalue weighted by Crippen LogP contribution is -2.47. The SMILES string of the molecule is O=C1OC2(c3ccccc3OC3=CC=C(c4ccccc4Br)C(=O)C32)c2ccccc21. The van der Waals surface area contributed by atoms with Gasteiger partial charge in [0.15, 0.2) is 11.4 Å². The molecule has 0 radical (unpaired) electrons. The molecule has 0 saturated carbocycles. The first kappa shape index (κ1) is 18.3. The molecule has 2 heterocycles. The van der Waals surface area contributed by atoms with Crippen LogP contribution in [-0.2, 0) is 15.1 Å². The number of carbonyl (C=O) groups excluding carboxylic acids is 2. The van der Waals surface area contributed by atoms with Crippen molar-refractivity contribution in [2.75, 3.05) is 0 Å². The molecule has 5 heteroatoms. The second-order valence-corrected chi connectivity index (χ2v) is 8.55. The molecule has 0 aromatic heterocycles. The van der Waals surface area contributed by atoms with Gasteiger partial charge in [0.2, 0.25) is 0 Å². The summed E-state index contributed by atoms with van der Waals surface area (Å²) >= 11 is 3.55. The molecule has 2 atom stereocenters. The summed E-state index contributed by atoms with van der Waals surface area (Å²) in [7, 11) is 0. The number of Topliss-reactive ketones (excluding diaryl/α,β-unsaturated/α-hetero) is 1. The molecule has 0 saturated heterocycles. The Morgan fingerprint density at radius 3 is 2.26 bits per heavy atom. The van der Waals surface area contributed by atoms with Gasteiger partial charge in [-0.25, -0.2) is 4.79 Å². The van der Waals surface area contributed by atoms with E-state index < -0.39 is 17.5 Å². The Labute approximate surface area is 186 Å². The number of ether oxygens (including phenoxy) is 2. The quantitative estimate of drug-likeness (QED) is 0.445. The predicted molar refractivity (Wildman–Crippen MR) is 118 cm³/mol. The van der Waals surface area contributed by atoms with Crippen LogP contribution in [-0.4, -0.2) is 11.8 Å². The molecular weight excluding hydrogens is 456 g/mol. The van der Waals surface area contributed by atoms with Crippen molar-refractivity contribution in [3.05, 3.63) is 117 Å². The van der Waals surface area contributed by atoms with Gasteiger partial charge in [0.25, 0.3) is 0 Å². The van der Waals surface area contributed by atoms with Gasteiger partial charge in [0.1, 0.15) is 17.4 Å². The van der Waals surface area contributed by atoms with Crippen LogP contribution in [0.2, 0.25) is 0 Å². The van der Waals surface area contributed by atoms with Crippen LogP contribution in [0.25, 0.3) is 5.57 Å². The summed E-state index contributed by atoms with van der Waals surface area (Å²) in [6, 6.07) is 22.3. The van der Waals surface area contributed by atoms with Crippen LogP contribution in [0.1, 0.15) is 27.0 Å². The molecule has 0 amide bonds. The number of benzene rings is 3. The Kier molecular flexibility index (Phi) is 3.86. The van der Waals surface area contributed by atoms with Gasteiger partial charge >= 0.3 is 5.97 Å². The maximum absolute atomic E-state index is 14.0. The van der Waals surface area contributed by atoms with Crippen molar-refractivity contribution in [2.45, 2.75) is 5.60 Å². The van der Waals surface area contributed by atoms with Gasteiger partial charge in [-0.2, -0.15) is 0 Å². The number of allylic oxidation sites excluding steroid dienone is 3. The lowest BCUT2D eigenvalue weighted by Gasteiger charge is -2.43. The molecule has 3 aliphatic rings. The zero-order valence-corrected chi connectivity index (χ0v) is 17.8. The Morgan fingerprint density at radius 1 is 0.774 bits per heavy atom. The van der Waals surface area contributed by atoms with Crippen molar-refractivity contribution in [3.63, 3.8) is 0 Å². The van der Waals surface area contributed by atoms with E-state index in [4.69, 9.17) is 9.47 Å². The largest absolute Gasteiger partial charge is 0.460 e. The minimum Gasteiger partial charge on any atom is -0.460 e. The Morgan fingerprint density at radius 2 is 1.45 bits per heavy atom. The second-order valence-electron chi connectivity index (χ2n) is 7.70. The molecule has 3 aromatic rings. The topological polar surface area (TPSA) is 52.6 Å². The van der Waals surface area contributed by atoms with Crippen molar-refractivity contribution in [1.29, 1.82) is 0 Å². The molecular formula is C26H15BrO4.